The van der Waals surface area contributed by atoms with Crippen molar-refractivity contribution >= 4 is 24.7 Å². The van der Waals surface area contributed by atoms with Crippen molar-refractivity contribution in [2.45, 2.75) is 70.9 Å². The lowest BCUT2D eigenvalue weighted by Gasteiger charge is -2.45. The number of phosphoric acid groups is 1. The summed E-state index contributed by atoms with van der Waals surface area (Å²) in [6.45, 7) is 10.7. The summed E-state index contributed by atoms with van der Waals surface area (Å²) in [6.07, 6.45) is -3.73. The van der Waals surface area contributed by atoms with Crippen LogP contribution in [0.2, 0.25) is 0 Å². The van der Waals surface area contributed by atoms with E-state index in [9.17, 15) is 13.3 Å². The van der Waals surface area contributed by atoms with Crippen LogP contribution in [0, 0.1) is 6.92 Å². The molecule has 0 bridgehead atoms. The van der Waals surface area contributed by atoms with Crippen LogP contribution in [0.4, 0.5) is 14.8 Å². The van der Waals surface area contributed by atoms with Crippen LogP contribution in [0.1, 0.15) is 51.7 Å². The lowest BCUT2D eigenvalue weighted by atomic mass is 9.76. The second kappa shape index (κ2) is 9.33. The molecule has 0 amide bonds. The van der Waals surface area contributed by atoms with Gasteiger partial charge < -0.3 is 24.3 Å². The molecule has 3 aromatic rings. The van der Waals surface area contributed by atoms with E-state index in [1.807, 2.05) is 32.0 Å². The van der Waals surface area contributed by atoms with Gasteiger partial charge in [0.1, 0.15) is 17.0 Å². The summed E-state index contributed by atoms with van der Waals surface area (Å²) < 4.78 is 53.7. The predicted octanol–water partition coefficient (Wildman–Crippen LogP) is 4.98. The zero-order valence-electron chi connectivity index (χ0n) is 20.6. The quantitative estimate of drug-likeness (QED) is 0.344. The highest BCUT2D eigenvalue weighted by Gasteiger charge is 2.56. The Labute approximate surface area is 206 Å². The lowest BCUT2D eigenvalue weighted by molar-refractivity contribution is -0.139. The van der Waals surface area contributed by atoms with Gasteiger partial charge in [0.05, 0.1) is 12.1 Å². The van der Waals surface area contributed by atoms with Crippen LogP contribution in [0.5, 0.6) is 5.75 Å². The molecule has 0 atom stereocenters. The minimum Gasteiger partial charge on any atom is -0.494 e. The number of hydrogen-bond donors (Lipinski definition) is 3. The largest absolute Gasteiger partial charge is 0.494 e. The number of alkyl halides is 2. The minimum absolute atomic E-state index is 0.0173. The van der Waals surface area contributed by atoms with Gasteiger partial charge in [-0.1, -0.05) is 25.9 Å². The molecule has 0 radical (unpaired) electrons. The molecule has 1 aliphatic rings. The summed E-state index contributed by atoms with van der Waals surface area (Å²) in [4.78, 5) is 22.7. The van der Waals surface area contributed by atoms with E-state index in [0.29, 0.717) is 12.3 Å². The SMILES string of the molecule is CCOc1cc(C(C)(C)C)c2nc(-c3nnc(NC4CC(OP(=O)(O)O)(C(F)F)C4)o3)cc(C)c2c1. The van der Waals surface area contributed by atoms with Gasteiger partial charge in [-0.2, -0.15) is 0 Å². The maximum absolute atomic E-state index is 13.4. The molecule has 1 aromatic carbocycles. The van der Waals surface area contributed by atoms with Crippen molar-refractivity contribution in [3.8, 4) is 17.3 Å². The number of rotatable bonds is 8. The van der Waals surface area contributed by atoms with Gasteiger partial charge in [-0.3, -0.25) is 4.52 Å². The molecule has 2 heterocycles. The van der Waals surface area contributed by atoms with E-state index in [-0.39, 0.29) is 30.2 Å². The number of fused-ring (bicyclic) bond motifs is 1. The number of phosphoric ester groups is 1. The number of anilines is 1. The van der Waals surface area contributed by atoms with Gasteiger partial charge in [0.2, 0.25) is 0 Å². The van der Waals surface area contributed by atoms with Crippen LogP contribution in [-0.2, 0) is 14.5 Å². The van der Waals surface area contributed by atoms with Crippen LogP contribution < -0.4 is 10.1 Å². The van der Waals surface area contributed by atoms with Crippen molar-refractivity contribution in [2.24, 2.45) is 0 Å². The maximum Gasteiger partial charge on any atom is 0.470 e. The molecule has 0 unspecified atom stereocenters. The summed E-state index contributed by atoms with van der Waals surface area (Å²) in [7, 11) is -5.08. The second-order valence-electron chi connectivity index (χ2n) is 9.98. The zero-order chi connectivity index (χ0) is 26.5. The number of hydrogen-bond acceptors (Lipinski definition) is 8. The van der Waals surface area contributed by atoms with Gasteiger partial charge in [0, 0.05) is 24.3 Å². The first-order chi connectivity index (χ1) is 16.7. The van der Waals surface area contributed by atoms with E-state index in [0.717, 1.165) is 27.8 Å². The van der Waals surface area contributed by atoms with Gasteiger partial charge >= 0.3 is 13.8 Å². The lowest BCUT2D eigenvalue weighted by Crippen LogP contribution is -2.56. The summed E-state index contributed by atoms with van der Waals surface area (Å²) in [5, 5.41) is 11.7. The molecule has 0 aliphatic heterocycles. The number of nitrogens with zero attached hydrogens (tertiary/aromatic N) is 3. The molecule has 3 N–H and O–H groups in total. The molecule has 0 saturated heterocycles. The Balaban J connectivity index is 1.59. The van der Waals surface area contributed by atoms with Crippen LogP contribution in [0.15, 0.2) is 22.6 Å². The molecule has 13 heteroatoms. The van der Waals surface area contributed by atoms with Gasteiger partial charge in [-0.25, -0.2) is 18.3 Å². The smallest absolute Gasteiger partial charge is 0.470 e. The van der Waals surface area contributed by atoms with Gasteiger partial charge in [0.15, 0.2) is 0 Å². The highest BCUT2D eigenvalue weighted by molar-refractivity contribution is 7.46. The predicted molar refractivity (Wildman–Crippen MR) is 128 cm³/mol. The Morgan fingerprint density at radius 1 is 1.25 bits per heavy atom. The van der Waals surface area contributed by atoms with Crippen molar-refractivity contribution in [1.82, 2.24) is 15.2 Å². The fraction of sp³-hybridized carbons (Fsp3) is 0.522. The van der Waals surface area contributed by atoms with Gasteiger partial charge in [0.25, 0.3) is 12.3 Å². The summed E-state index contributed by atoms with van der Waals surface area (Å²) in [5.41, 5.74) is 0.723. The first kappa shape index (κ1) is 26.4. The molecular formula is C23H29F2N4O6P. The molecule has 0 spiro atoms. The number of benzene rings is 1. The third kappa shape index (κ3) is 5.36. The first-order valence-corrected chi connectivity index (χ1v) is 13.0. The number of pyridine rings is 1. The van der Waals surface area contributed by atoms with E-state index in [1.165, 1.54) is 0 Å². The fourth-order valence-electron chi connectivity index (χ4n) is 4.36. The molecule has 10 nitrogen and oxygen atoms in total. The maximum atomic E-state index is 13.4. The van der Waals surface area contributed by atoms with E-state index < -0.39 is 25.9 Å². The van der Waals surface area contributed by atoms with Crippen LogP contribution in [0.25, 0.3) is 22.5 Å². The van der Waals surface area contributed by atoms with Crippen LogP contribution in [0.3, 0.4) is 0 Å². The van der Waals surface area contributed by atoms with Crippen molar-refractivity contribution < 1.29 is 36.8 Å². The molecule has 1 saturated carbocycles. The van der Waals surface area contributed by atoms with E-state index >= 15 is 0 Å². The normalized spacial score (nSPS) is 20.6. The first-order valence-electron chi connectivity index (χ1n) is 11.4. The number of nitrogens with one attached hydrogen (secondary N) is 1. The Bertz CT molecular complexity index is 1310. The average Bonchev–Trinajstić information content (AvgIpc) is 3.19. The molecule has 196 valence electrons. The Kier molecular flexibility index (Phi) is 6.85. The topological polar surface area (TPSA) is 140 Å². The highest BCUT2D eigenvalue weighted by atomic mass is 31.2. The Morgan fingerprint density at radius 3 is 2.53 bits per heavy atom. The third-order valence-corrected chi connectivity index (χ3v) is 6.67. The average molecular weight is 526 g/mol. The monoisotopic (exact) mass is 526 g/mol. The Morgan fingerprint density at radius 2 is 1.94 bits per heavy atom. The van der Waals surface area contributed by atoms with Crippen molar-refractivity contribution in [1.29, 1.82) is 0 Å². The van der Waals surface area contributed by atoms with Gasteiger partial charge in [-0.05, 0) is 48.6 Å². The van der Waals surface area contributed by atoms with Crippen molar-refractivity contribution in [2.75, 3.05) is 11.9 Å². The van der Waals surface area contributed by atoms with Crippen molar-refractivity contribution in [3.05, 3.63) is 29.3 Å². The summed E-state index contributed by atoms with van der Waals surface area (Å²) in [6, 6.07) is 5.15. The molecule has 36 heavy (non-hydrogen) atoms. The highest BCUT2D eigenvalue weighted by Crippen LogP contribution is 2.52. The van der Waals surface area contributed by atoms with E-state index in [4.69, 9.17) is 23.9 Å². The number of aryl methyl sites for hydroxylation is 1. The van der Waals surface area contributed by atoms with E-state index in [2.05, 4.69) is 40.8 Å². The number of aromatic nitrogens is 3. The molecular weight excluding hydrogens is 497 g/mol. The number of ether oxygens (including phenoxy) is 1. The van der Waals surface area contributed by atoms with Crippen LogP contribution >= 0.6 is 7.82 Å². The summed E-state index contributed by atoms with van der Waals surface area (Å²) in [5.74, 6) is 0.905. The van der Waals surface area contributed by atoms with Gasteiger partial charge in [-0.15, -0.1) is 5.10 Å². The van der Waals surface area contributed by atoms with Crippen molar-refractivity contribution in [3.63, 3.8) is 0 Å². The molecule has 2 aromatic heterocycles. The van der Waals surface area contributed by atoms with E-state index in [1.54, 1.807) is 0 Å². The van der Waals surface area contributed by atoms with Crippen LogP contribution in [-0.4, -0.2) is 49.6 Å². The zero-order valence-corrected chi connectivity index (χ0v) is 21.5. The molecule has 1 aliphatic carbocycles. The minimum atomic E-state index is -5.08. The molecule has 4 rings (SSSR count). The number of halogens is 2. The Hall–Kier alpha value is -2.66. The summed E-state index contributed by atoms with van der Waals surface area (Å²) >= 11 is 0. The fourth-order valence-corrected chi connectivity index (χ4v) is 5.06. The third-order valence-electron chi connectivity index (χ3n) is 6.07. The standard InChI is InChI=1S/C23H29F2N4O6P/c1-6-33-14-8-15-12(2)7-17(27-18(15)16(9-14)22(3,4)5)19-28-29-21(34-19)26-13-10-23(11-13,20(24)25)35-36(30,31)32/h7-9,13,20H,6,10-11H2,1-5H3,(H,26,29)(H2,30,31,32). The molecule has 1 fully saturated rings. The second-order valence-corrected chi connectivity index (χ2v) is 11.1.